The molecule has 7 nitrogen and oxygen atoms in total. The van der Waals surface area contributed by atoms with Crippen molar-refractivity contribution in [2.75, 3.05) is 32.0 Å². The zero-order valence-corrected chi connectivity index (χ0v) is 19.6. The van der Waals surface area contributed by atoms with E-state index in [1.165, 1.54) is 11.1 Å². The van der Waals surface area contributed by atoms with Crippen LogP contribution >= 0.6 is 0 Å². The zero-order valence-electron chi connectivity index (χ0n) is 19.6. The van der Waals surface area contributed by atoms with Crippen LogP contribution in [0.5, 0.6) is 0 Å². The lowest BCUT2D eigenvalue weighted by molar-refractivity contribution is -0.131. The molecular formula is C25H33N5O2. The summed E-state index contributed by atoms with van der Waals surface area (Å²) in [5.41, 5.74) is 5.57. The number of fused-ring (bicyclic) bond motifs is 1. The predicted octanol–water partition coefficient (Wildman–Crippen LogP) is 2.99. The number of anilines is 1. The summed E-state index contributed by atoms with van der Waals surface area (Å²) in [7, 11) is 1.86. The molecule has 0 aliphatic carbocycles. The van der Waals surface area contributed by atoms with Crippen molar-refractivity contribution in [1.29, 1.82) is 0 Å². The number of likely N-dealkylation sites (tertiary alicyclic amines) is 1. The van der Waals surface area contributed by atoms with Crippen LogP contribution in [0.3, 0.4) is 0 Å². The molecule has 3 heterocycles. The van der Waals surface area contributed by atoms with Gasteiger partial charge in [-0.1, -0.05) is 18.2 Å². The molecule has 170 valence electrons. The van der Waals surface area contributed by atoms with Crippen LogP contribution in [0.25, 0.3) is 0 Å². The quantitative estimate of drug-likeness (QED) is 0.799. The largest absolute Gasteiger partial charge is 0.373 e. The van der Waals surface area contributed by atoms with Gasteiger partial charge in [-0.2, -0.15) is 0 Å². The summed E-state index contributed by atoms with van der Waals surface area (Å²) >= 11 is 0. The topological polar surface area (TPSA) is 78.4 Å². The highest BCUT2D eigenvalue weighted by atomic mass is 16.2. The second kappa shape index (κ2) is 9.27. The van der Waals surface area contributed by atoms with Crippen LogP contribution in [0.1, 0.15) is 59.5 Å². The van der Waals surface area contributed by atoms with Crippen molar-refractivity contribution in [3.63, 3.8) is 0 Å². The first-order chi connectivity index (χ1) is 15.4. The average molecular weight is 436 g/mol. The Bertz CT molecular complexity index is 1020. The molecule has 32 heavy (non-hydrogen) atoms. The Kier molecular flexibility index (Phi) is 6.44. The number of carbonyl (C=O) groups excluding carboxylic acids is 2. The lowest BCUT2D eigenvalue weighted by atomic mass is 9.95. The van der Waals surface area contributed by atoms with Gasteiger partial charge in [-0.25, -0.2) is 9.97 Å². The second-order valence-corrected chi connectivity index (χ2v) is 9.07. The van der Waals surface area contributed by atoms with E-state index >= 15 is 0 Å². The molecule has 2 amide bonds. The molecule has 0 saturated carbocycles. The summed E-state index contributed by atoms with van der Waals surface area (Å²) < 4.78 is 0. The van der Waals surface area contributed by atoms with Crippen molar-refractivity contribution >= 4 is 17.6 Å². The maximum absolute atomic E-state index is 13.0. The van der Waals surface area contributed by atoms with E-state index in [1.54, 1.807) is 6.92 Å². The van der Waals surface area contributed by atoms with Gasteiger partial charge in [-0.05, 0) is 43.4 Å². The van der Waals surface area contributed by atoms with Gasteiger partial charge in [0.2, 0.25) is 11.8 Å². The first kappa shape index (κ1) is 22.2. The number of carbonyl (C=O) groups is 2. The molecule has 1 N–H and O–H groups in total. The van der Waals surface area contributed by atoms with Gasteiger partial charge < -0.3 is 15.1 Å². The maximum Gasteiger partial charge on any atom is 0.227 e. The van der Waals surface area contributed by atoms with Crippen LogP contribution in [0.4, 0.5) is 5.82 Å². The Morgan fingerprint density at radius 1 is 1.12 bits per heavy atom. The molecular weight excluding hydrogens is 402 g/mol. The molecule has 2 aliphatic rings. The van der Waals surface area contributed by atoms with Crippen molar-refractivity contribution in [1.82, 2.24) is 19.8 Å². The lowest BCUT2D eigenvalue weighted by Crippen LogP contribution is -2.41. The SMILES string of the molecule is CNc1nc([C@@H]2CCCN(C(=O)Cc3ccc(C)c(C)c3)C2)nc2c1CN(C(C)=O)CC2. The van der Waals surface area contributed by atoms with Gasteiger partial charge in [0.25, 0.3) is 0 Å². The van der Waals surface area contributed by atoms with Gasteiger partial charge >= 0.3 is 0 Å². The Morgan fingerprint density at radius 3 is 2.66 bits per heavy atom. The molecule has 1 aromatic carbocycles. The predicted molar refractivity (Wildman–Crippen MR) is 125 cm³/mol. The number of nitrogens with one attached hydrogen (secondary N) is 1. The third-order valence-corrected chi connectivity index (χ3v) is 6.83. The molecule has 0 radical (unpaired) electrons. The van der Waals surface area contributed by atoms with E-state index in [-0.39, 0.29) is 17.7 Å². The van der Waals surface area contributed by atoms with Crippen LogP contribution in [0, 0.1) is 13.8 Å². The van der Waals surface area contributed by atoms with Gasteiger partial charge in [-0.15, -0.1) is 0 Å². The van der Waals surface area contributed by atoms with E-state index in [2.05, 4.69) is 37.4 Å². The van der Waals surface area contributed by atoms with E-state index in [4.69, 9.17) is 9.97 Å². The molecule has 1 atom stereocenters. The van der Waals surface area contributed by atoms with Gasteiger partial charge in [0.15, 0.2) is 0 Å². The van der Waals surface area contributed by atoms with Gasteiger partial charge in [0, 0.05) is 51.5 Å². The van der Waals surface area contributed by atoms with Crippen molar-refractivity contribution in [2.45, 2.75) is 58.9 Å². The Labute approximate surface area is 190 Å². The van der Waals surface area contributed by atoms with Crippen LogP contribution in [0.15, 0.2) is 18.2 Å². The summed E-state index contributed by atoms with van der Waals surface area (Å²) in [4.78, 5) is 38.4. The van der Waals surface area contributed by atoms with E-state index in [9.17, 15) is 9.59 Å². The average Bonchev–Trinajstić information content (AvgIpc) is 2.80. The van der Waals surface area contributed by atoms with Crippen LogP contribution in [-0.4, -0.2) is 58.3 Å². The minimum atomic E-state index is 0.0759. The van der Waals surface area contributed by atoms with E-state index in [0.717, 1.165) is 54.3 Å². The minimum Gasteiger partial charge on any atom is -0.373 e. The molecule has 1 saturated heterocycles. The normalized spacial score (nSPS) is 18.3. The third kappa shape index (κ3) is 4.61. The third-order valence-electron chi connectivity index (χ3n) is 6.83. The van der Waals surface area contributed by atoms with Crippen molar-refractivity contribution in [2.24, 2.45) is 0 Å². The number of rotatable bonds is 4. The zero-order chi connectivity index (χ0) is 22.8. The lowest BCUT2D eigenvalue weighted by Gasteiger charge is -2.33. The minimum absolute atomic E-state index is 0.0759. The second-order valence-electron chi connectivity index (χ2n) is 9.07. The summed E-state index contributed by atoms with van der Waals surface area (Å²) in [6, 6.07) is 6.26. The highest BCUT2D eigenvalue weighted by Gasteiger charge is 2.29. The number of amides is 2. The van der Waals surface area contributed by atoms with Crippen LogP contribution in [0.2, 0.25) is 0 Å². The molecule has 1 aromatic heterocycles. The summed E-state index contributed by atoms with van der Waals surface area (Å²) in [5.74, 6) is 1.99. The summed E-state index contributed by atoms with van der Waals surface area (Å²) in [6.45, 7) is 8.46. The summed E-state index contributed by atoms with van der Waals surface area (Å²) in [6.07, 6.45) is 3.11. The highest BCUT2D eigenvalue weighted by molar-refractivity contribution is 5.79. The first-order valence-electron chi connectivity index (χ1n) is 11.5. The molecule has 0 bridgehead atoms. The highest BCUT2D eigenvalue weighted by Crippen LogP contribution is 2.30. The fourth-order valence-electron chi connectivity index (χ4n) is 4.71. The number of hydrogen-bond acceptors (Lipinski definition) is 5. The molecule has 0 unspecified atom stereocenters. The van der Waals surface area contributed by atoms with E-state index in [0.29, 0.717) is 26.1 Å². The molecule has 1 fully saturated rings. The Hall–Kier alpha value is -2.96. The Morgan fingerprint density at radius 2 is 1.94 bits per heavy atom. The fourth-order valence-corrected chi connectivity index (χ4v) is 4.71. The maximum atomic E-state index is 13.0. The number of hydrogen-bond donors (Lipinski definition) is 1. The molecule has 0 spiro atoms. The van der Waals surface area contributed by atoms with E-state index < -0.39 is 0 Å². The van der Waals surface area contributed by atoms with E-state index in [1.807, 2.05) is 16.8 Å². The van der Waals surface area contributed by atoms with Gasteiger partial charge in [0.05, 0.1) is 18.7 Å². The number of nitrogens with zero attached hydrogens (tertiary/aromatic N) is 4. The van der Waals surface area contributed by atoms with Crippen molar-refractivity contribution < 1.29 is 9.59 Å². The van der Waals surface area contributed by atoms with Crippen LogP contribution in [-0.2, 0) is 29.0 Å². The van der Waals surface area contributed by atoms with Gasteiger partial charge in [0.1, 0.15) is 11.6 Å². The fraction of sp³-hybridized carbons (Fsp3) is 0.520. The molecule has 7 heteroatoms. The number of aromatic nitrogens is 2. The van der Waals surface area contributed by atoms with Crippen molar-refractivity contribution in [3.8, 4) is 0 Å². The first-order valence-corrected chi connectivity index (χ1v) is 11.5. The molecule has 2 aromatic rings. The molecule has 2 aliphatic heterocycles. The number of piperidine rings is 1. The smallest absolute Gasteiger partial charge is 0.227 e. The monoisotopic (exact) mass is 435 g/mol. The Balaban J connectivity index is 1.50. The number of benzene rings is 1. The van der Waals surface area contributed by atoms with Crippen LogP contribution < -0.4 is 5.32 Å². The standard InChI is InChI=1S/C25H33N5O2/c1-16-7-8-19(12-17(16)2)13-23(32)30-10-5-6-20(14-30)24-27-22-9-11-29(18(3)31)15-21(22)25(26-4)28-24/h7-8,12,20H,5-6,9-11,13-15H2,1-4H3,(H,26,27,28)/t20-/m1/s1. The number of aryl methyl sites for hydroxylation is 2. The molecule has 4 rings (SSSR count). The summed E-state index contributed by atoms with van der Waals surface area (Å²) in [5, 5.41) is 3.20. The van der Waals surface area contributed by atoms with Gasteiger partial charge in [-0.3, -0.25) is 9.59 Å². The van der Waals surface area contributed by atoms with Crippen molar-refractivity contribution in [3.05, 3.63) is 52.0 Å².